The van der Waals surface area contributed by atoms with Gasteiger partial charge in [-0.15, -0.1) is 45.3 Å². The zero-order chi connectivity index (χ0) is 39.8. The number of benzene rings is 6. The van der Waals surface area contributed by atoms with Gasteiger partial charge in [-0.25, -0.2) is 0 Å². The Labute approximate surface area is 362 Å². The van der Waals surface area contributed by atoms with Gasteiger partial charge in [0.1, 0.15) is 0 Å². The summed E-state index contributed by atoms with van der Waals surface area (Å²) >= 11 is 6.97. The smallest absolute Gasteiger partial charge is 0.0999 e. The van der Waals surface area contributed by atoms with E-state index in [9.17, 15) is 0 Å². The van der Waals surface area contributed by atoms with E-state index in [4.69, 9.17) is 0 Å². The number of aromatic nitrogens is 4. The van der Waals surface area contributed by atoms with Gasteiger partial charge in [0.2, 0.25) is 0 Å². The molecule has 0 fully saturated rings. The van der Waals surface area contributed by atoms with Crippen molar-refractivity contribution in [2.24, 2.45) is 0 Å². The van der Waals surface area contributed by atoms with E-state index in [1.54, 1.807) is 45.3 Å². The predicted octanol–water partition coefficient (Wildman–Crippen LogP) is 15.9. The molecule has 0 aliphatic carbocycles. The molecular formula is C52H36N4S4. The van der Waals surface area contributed by atoms with Crippen molar-refractivity contribution >= 4 is 111 Å². The van der Waals surface area contributed by atoms with E-state index >= 15 is 0 Å². The van der Waals surface area contributed by atoms with Crippen LogP contribution in [-0.4, -0.2) is 18.3 Å². The van der Waals surface area contributed by atoms with Crippen LogP contribution in [0.4, 0.5) is 0 Å². The first-order valence-corrected chi connectivity index (χ1v) is 23.2. The Kier molecular flexibility index (Phi) is 9.60. The Hall–Kier alpha value is -6.68. The van der Waals surface area contributed by atoms with Gasteiger partial charge in [0.25, 0.3) is 0 Å². The van der Waals surface area contributed by atoms with Gasteiger partial charge < -0.3 is 18.3 Å². The summed E-state index contributed by atoms with van der Waals surface area (Å²) in [5, 5.41) is 17.9. The number of hydrogen-bond acceptors (Lipinski definition) is 4. The van der Waals surface area contributed by atoms with E-state index < -0.39 is 0 Å². The van der Waals surface area contributed by atoms with E-state index in [1.807, 2.05) is 0 Å². The lowest BCUT2D eigenvalue weighted by atomic mass is 10.1. The van der Waals surface area contributed by atoms with E-state index in [0.29, 0.717) is 0 Å². The Bertz CT molecular complexity index is 2990. The molecule has 0 aliphatic rings. The van der Waals surface area contributed by atoms with Crippen LogP contribution in [0.2, 0.25) is 0 Å². The zero-order valence-electron chi connectivity index (χ0n) is 32.2. The normalized spacial score (nSPS) is 11.3. The summed E-state index contributed by atoms with van der Waals surface area (Å²) in [4.78, 5) is 0. The van der Waals surface area contributed by atoms with E-state index in [0.717, 1.165) is 64.1 Å². The SMILES string of the molecule is c1csc(-n2c3ccc(cc3)c3ccc(cc3)n(-c3cccs3)c3cccc(c3)n(-c3cccs3)c3ccc(cc3)c3ccc(cc3)n(-c3cccs3)c3cccc2c3)c1. The van der Waals surface area contributed by atoms with Crippen molar-refractivity contribution in [1.82, 2.24) is 18.3 Å². The zero-order valence-corrected chi connectivity index (χ0v) is 35.5. The maximum atomic E-state index is 2.36. The molecule has 0 saturated carbocycles. The molecule has 0 aliphatic heterocycles. The molecule has 11 aromatic heterocycles. The third kappa shape index (κ3) is 6.89. The maximum Gasteiger partial charge on any atom is 0.0999 e. The highest BCUT2D eigenvalue weighted by Crippen LogP contribution is 2.29. The summed E-state index contributed by atoms with van der Waals surface area (Å²) in [5.74, 6) is 0. The second-order valence-electron chi connectivity index (χ2n) is 14.4. The first-order valence-electron chi connectivity index (χ1n) is 19.7. The highest BCUT2D eigenvalue weighted by Gasteiger charge is 2.08. The van der Waals surface area contributed by atoms with Gasteiger partial charge in [-0.3, -0.25) is 0 Å². The molecule has 4 nitrogen and oxygen atoms in total. The third-order valence-electron chi connectivity index (χ3n) is 10.8. The third-order valence-corrected chi connectivity index (χ3v) is 14.2. The van der Waals surface area contributed by atoms with Crippen LogP contribution in [0.3, 0.4) is 0 Å². The second kappa shape index (κ2) is 15.8. The molecule has 17 rings (SSSR count). The van der Waals surface area contributed by atoms with Crippen LogP contribution in [0, 0.1) is 0 Å². The average molecular weight is 845 g/mol. The van der Waals surface area contributed by atoms with Gasteiger partial charge in [0.05, 0.1) is 20.0 Å². The van der Waals surface area contributed by atoms with Crippen molar-refractivity contribution in [3.05, 3.63) is 216 Å². The lowest BCUT2D eigenvalue weighted by Crippen LogP contribution is -1.97. The first kappa shape index (κ1) is 36.4. The quantitative estimate of drug-likeness (QED) is 0.168. The number of nitrogens with zero attached hydrogens (tertiary/aromatic N) is 4. The first-order chi connectivity index (χ1) is 29.7. The van der Waals surface area contributed by atoms with Crippen molar-refractivity contribution in [2.45, 2.75) is 0 Å². The van der Waals surface area contributed by atoms with E-state index in [2.05, 4.69) is 234 Å². The molecule has 17 aromatic rings. The van der Waals surface area contributed by atoms with Crippen LogP contribution in [0.5, 0.6) is 0 Å². The van der Waals surface area contributed by atoms with Crippen LogP contribution in [0.25, 0.3) is 85.7 Å². The van der Waals surface area contributed by atoms with Crippen LogP contribution < -0.4 is 0 Å². The predicted molar refractivity (Wildman–Crippen MR) is 262 cm³/mol. The Morgan fingerprint density at radius 2 is 0.450 bits per heavy atom. The molecular weight excluding hydrogens is 809 g/mol. The van der Waals surface area contributed by atoms with Crippen molar-refractivity contribution in [3.8, 4) is 20.0 Å². The van der Waals surface area contributed by atoms with Gasteiger partial charge in [-0.1, -0.05) is 60.7 Å². The van der Waals surface area contributed by atoms with Crippen LogP contribution in [0.15, 0.2) is 216 Å². The lowest BCUT2D eigenvalue weighted by molar-refractivity contribution is 1.17. The van der Waals surface area contributed by atoms with Crippen molar-refractivity contribution < 1.29 is 0 Å². The summed E-state index contributed by atoms with van der Waals surface area (Å²) in [6.45, 7) is 0. The molecule has 60 heavy (non-hydrogen) atoms. The highest BCUT2D eigenvalue weighted by atomic mass is 32.1. The molecule has 0 atom stereocenters. The molecule has 0 N–H and O–H groups in total. The lowest BCUT2D eigenvalue weighted by Gasteiger charge is -2.12. The van der Waals surface area contributed by atoms with E-state index in [-0.39, 0.29) is 0 Å². The minimum absolute atomic E-state index is 1.10. The molecule has 0 saturated heterocycles. The number of rotatable bonds is 4. The van der Waals surface area contributed by atoms with Crippen molar-refractivity contribution in [2.75, 3.05) is 0 Å². The molecule has 6 aromatic carbocycles. The average Bonchev–Trinajstić information content (AvgIpc) is 4.16. The summed E-state index contributed by atoms with van der Waals surface area (Å²) in [6, 6.07) is 70.9. The molecule has 0 radical (unpaired) electrons. The number of thiophene rings is 4. The van der Waals surface area contributed by atoms with Crippen LogP contribution in [0.1, 0.15) is 0 Å². The monoisotopic (exact) mass is 844 g/mol. The summed E-state index contributed by atoms with van der Waals surface area (Å²) in [5.41, 5.74) is 8.82. The van der Waals surface area contributed by atoms with Gasteiger partial charge in [0.15, 0.2) is 0 Å². The van der Waals surface area contributed by atoms with Crippen molar-refractivity contribution in [3.63, 3.8) is 0 Å². The van der Waals surface area contributed by atoms with Gasteiger partial charge in [0, 0.05) is 44.1 Å². The van der Waals surface area contributed by atoms with E-state index in [1.165, 1.54) is 21.5 Å². The fourth-order valence-electron chi connectivity index (χ4n) is 7.96. The molecule has 0 unspecified atom stereocenters. The molecule has 0 spiro atoms. The summed E-state index contributed by atoms with van der Waals surface area (Å²) in [6.07, 6.45) is 0. The summed E-state index contributed by atoms with van der Waals surface area (Å²) < 4.78 is 9.43. The molecule has 12 bridgehead atoms. The van der Waals surface area contributed by atoms with Gasteiger partial charge in [-0.2, -0.15) is 0 Å². The fourth-order valence-corrected chi connectivity index (χ4v) is 11.0. The van der Waals surface area contributed by atoms with Crippen LogP contribution in [-0.2, 0) is 0 Å². The standard InChI is InChI=1S/C52H36N4S4/c1-7-45-35-46(8-1)54(50-12-4-32-58-50)42-25-17-38(18-26-42)40-21-29-44(30-22-40)56(52-14-6-34-60-52)48-10-2-9-47(36-48)55(51-13-5-33-59-51)43-27-19-39(20-28-43)37-15-23-41(24-16-37)53(45)49-11-3-31-57-49/h1-36H. The largest absolute Gasteiger partial charge is 0.302 e. The highest BCUT2D eigenvalue weighted by molar-refractivity contribution is 7.13. The number of hydrogen-bond donors (Lipinski definition) is 0. The Balaban J connectivity index is 1.25. The second-order valence-corrected chi connectivity index (χ2v) is 18.1. The molecule has 288 valence electrons. The minimum Gasteiger partial charge on any atom is -0.302 e. The van der Waals surface area contributed by atoms with Crippen LogP contribution >= 0.6 is 45.3 Å². The molecule has 11 heterocycles. The minimum atomic E-state index is 1.10. The topological polar surface area (TPSA) is 19.7 Å². The Morgan fingerprint density at radius 3 is 0.650 bits per heavy atom. The van der Waals surface area contributed by atoms with Gasteiger partial charge in [-0.05, 0) is 177 Å². The molecule has 8 heteroatoms. The fraction of sp³-hybridized carbons (Fsp3) is 0. The van der Waals surface area contributed by atoms with Gasteiger partial charge >= 0.3 is 0 Å². The molecule has 0 amide bonds. The Morgan fingerprint density at radius 1 is 0.217 bits per heavy atom. The summed E-state index contributed by atoms with van der Waals surface area (Å²) in [7, 11) is 0. The van der Waals surface area contributed by atoms with Crippen molar-refractivity contribution in [1.29, 1.82) is 0 Å². The maximum absolute atomic E-state index is 2.36.